The monoisotopic (exact) mass is 295 g/mol. The summed E-state index contributed by atoms with van der Waals surface area (Å²) in [6, 6.07) is 2.59. The average molecular weight is 295 g/mol. The van der Waals surface area contributed by atoms with Gasteiger partial charge in [-0.3, -0.25) is 0 Å². The summed E-state index contributed by atoms with van der Waals surface area (Å²) >= 11 is 0. The van der Waals surface area contributed by atoms with E-state index in [-0.39, 0.29) is 0 Å². The number of furan rings is 1. The third kappa shape index (κ3) is 8.27. The van der Waals surface area contributed by atoms with Gasteiger partial charge in [-0.25, -0.2) is 0 Å². The first-order valence-corrected chi connectivity index (χ1v) is 8.52. The first-order chi connectivity index (χ1) is 10.1. The minimum absolute atomic E-state index is 0.475. The maximum atomic E-state index is 5.77. The maximum Gasteiger partial charge on any atom is 0.118 e. The van der Waals surface area contributed by atoms with Gasteiger partial charge in [0.2, 0.25) is 0 Å². The summed E-state index contributed by atoms with van der Waals surface area (Å²) in [5.41, 5.74) is 1.18. The third-order valence-electron chi connectivity index (χ3n) is 3.66. The molecule has 3 heteroatoms. The number of rotatable bonds is 12. The summed E-state index contributed by atoms with van der Waals surface area (Å²) < 4.78 is 11.5. The van der Waals surface area contributed by atoms with Crippen molar-refractivity contribution in [2.45, 2.75) is 85.4 Å². The standard InChI is InChI=1S/C18H33NO2/c1-5-6-7-8-9-10-11-20-14-17-12-18(21-16(17)4)13-19-15(2)3/h12,15,19H,5-11,13-14H2,1-4H3. The largest absolute Gasteiger partial charge is 0.465 e. The van der Waals surface area contributed by atoms with Crippen LogP contribution in [0, 0.1) is 6.92 Å². The summed E-state index contributed by atoms with van der Waals surface area (Å²) in [5, 5.41) is 3.37. The van der Waals surface area contributed by atoms with E-state index in [9.17, 15) is 0 Å². The van der Waals surface area contributed by atoms with Gasteiger partial charge in [0.25, 0.3) is 0 Å². The highest BCUT2D eigenvalue weighted by Crippen LogP contribution is 2.16. The fourth-order valence-corrected chi connectivity index (χ4v) is 2.29. The van der Waals surface area contributed by atoms with E-state index in [0.29, 0.717) is 12.6 Å². The summed E-state index contributed by atoms with van der Waals surface area (Å²) in [4.78, 5) is 0. The quantitative estimate of drug-likeness (QED) is 0.553. The Bertz CT molecular complexity index is 371. The Kier molecular flexibility index (Phi) is 9.44. The van der Waals surface area contributed by atoms with Crippen molar-refractivity contribution in [1.29, 1.82) is 0 Å². The van der Waals surface area contributed by atoms with Crippen molar-refractivity contribution in [3.8, 4) is 0 Å². The van der Waals surface area contributed by atoms with Crippen molar-refractivity contribution in [3.05, 3.63) is 23.2 Å². The molecule has 0 saturated carbocycles. The number of aryl methyl sites for hydroxylation is 1. The van der Waals surface area contributed by atoms with Crippen LogP contribution in [-0.4, -0.2) is 12.6 Å². The molecule has 0 aliphatic rings. The second-order valence-corrected chi connectivity index (χ2v) is 6.15. The zero-order valence-corrected chi connectivity index (χ0v) is 14.3. The van der Waals surface area contributed by atoms with Crippen molar-refractivity contribution < 1.29 is 9.15 Å². The van der Waals surface area contributed by atoms with Crippen LogP contribution >= 0.6 is 0 Å². The second-order valence-electron chi connectivity index (χ2n) is 6.15. The molecule has 0 atom stereocenters. The Labute approximate surface area is 130 Å². The third-order valence-corrected chi connectivity index (χ3v) is 3.66. The van der Waals surface area contributed by atoms with Gasteiger partial charge in [0.1, 0.15) is 11.5 Å². The van der Waals surface area contributed by atoms with Gasteiger partial charge in [0.15, 0.2) is 0 Å². The van der Waals surface area contributed by atoms with Crippen LogP contribution in [0.2, 0.25) is 0 Å². The van der Waals surface area contributed by atoms with Crippen molar-refractivity contribution in [1.82, 2.24) is 5.32 Å². The Morgan fingerprint density at radius 3 is 2.57 bits per heavy atom. The zero-order valence-electron chi connectivity index (χ0n) is 14.3. The molecule has 0 unspecified atom stereocenters. The Balaban J connectivity index is 2.14. The number of ether oxygens (including phenoxy) is 1. The molecule has 0 aliphatic heterocycles. The van der Waals surface area contributed by atoms with Crippen molar-refractivity contribution >= 4 is 0 Å². The molecule has 0 fully saturated rings. The van der Waals surface area contributed by atoms with Crippen LogP contribution in [0.15, 0.2) is 10.5 Å². The van der Waals surface area contributed by atoms with Crippen LogP contribution in [0.25, 0.3) is 0 Å². The molecule has 1 aromatic rings. The van der Waals surface area contributed by atoms with E-state index < -0.39 is 0 Å². The van der Waals surface area contributed by atoms with Crippen molar-refractivity contribution in [3.63, 3.8) is 0 Å². The molecular weight excluding hydrogens is 262 g/mol. The Morgan fingerprint density at radius 2 is 1.86 bits per heavy atom. The summed E-state index contributed by atoms with van der Waals surface area (Å²) in [6.07, 6.45) is 7.83. The molecule has 1 N–H and O–H groups in total. The van der Waals surface area contributed by atoms with Crippen molar-refractivity contribution in [2.24, 2.45) is 0 Å². The molecule has 0 amide bonds. The van der Waals surface area contributed by atoms with Gasteiger partial charge in [-0.2, -0.15) is 0 Å². The molecule has 21 heavy (non-hydrogen) atoms. The van der Waals surface area contributed by atoms with Crippen LogP contribution in [-0.2, 0) is 17.9 Å². The first-order valence-electron chi connectivity index (χ1n) is 8.52. The van der Waals surface area contributed by atoms with E-state index in [0.717, 1.165) is 24.7 Å². The molecule has 122 valence electrons. The highest BCUT2D eigenvalue weighted by Gasteiger charge is 2.07. The highest BCUT2D eigenvalue weighted by atomic mass is 16.5. The van der Waals surface area contributed by atoms with Crippen LogP contribution in [0.5, 0.6) is 0 Å². The van der Waals surface area contributed by atoms with Crippen LogP contribution in [0.4, 0.5) is 0 Å². The van der Waals surface area contributed by atoms with Crippen LogP contribution in [0.3, 0.4) is 0 Å². The van der Waals surface area contributed by atoms with E-state index >= 15 is 0 Å². The summed E-state index contributed by atoms with van der Waals surface area (Å²) in [6.45, 7) is 10.9. The molecule has 0 radical (unpaired) electrons. The predicted molar refractivity (Wildman–Crippen MR) is 88.5 cm³/mol. The smallest absolute Gasteiger partial charge is 0.118 e. The number of nitrogens with one attached hydrogen (secondary N) is 1. The minimum atomic E-state index is 0.475. The van der Waals surface area contributed by atoms with Gasteiger partial charge >= 0.3 is 0 Å². The zero-order chi connectivity index (χ0) is 15.5. The Hall–Kier alpha value is -0.800. The fourth-order valence-electron chi connectivity index (χ4n) is 2.29. The lowest BCUT2D eigenvalue weighted by molar-refractivity contribution is 0.116. The molecule has 3 nitrogen and oxygen atoms in total. The van der Waals surface area contributed by atoms with Gasteiger partial charge in [-0.05, 0) is 19.4 Å². The van der Waals surface area contributed by atoms with E-state index in [1.807, 2.05) is 6.92 Å². The van der Waals surface area contributed by atoms with Gasteiger partial charge in [-0.1, -0.05) is 52.9 Å². The molecule has 0 spiro atoms. The van der Waals surface area contributed by atoms with Crippen molar-refractivity contribution in [2.75, 3.05) is 6.61 Å². The van der Waals surface area contributed by atoms with Gasteiger partial charge in [0.05, 0.1) is 13.2 Å². The average Bonchev–Trinajstić information content (AvgIpc) is 2.80. The molecule has 1 heterocycles. The topological polar surface area (TPSA) is 34.4 Å². The lowest BCUT2D eigenvalue weighted by atomic mass is 10.1. The van der Waals surface area contributed by atoms with E-state index in [1.54, 1.807) is 0 Å². The molecule has 1 aromatic heterocycles. The second kappa shape index (κ2) is 10.9. The van der Waals surface area contributed by atoms with E-state index in [4.69, 9.17) is 9.15 Å². The molecule has 0 aromatic carbocycles. The molecular formula is C18H33NO2. The number of hydrogen-bond donors (Lipinski definition) is 1. The van der Waals surface area contributed by atoms with Crippen LogP contribution in [0.1, 0.15) is 76.4 Å². The van der Waals surface area contributed by atoms with Crippen LogP contribution < -0.4 is 5.32 Å². The summed E-state index contributed by atoms with van der Waals surface area (Å²) in [7, 11) is 0. The molecule has 0 bridgehead atoms. The lowest BCUT2D eigenvalue weighted by Gasteiger charge is -2.04. The maximum absolute atomic E-state index is 5.77. The number of hydrogen-bond acceptors (Lipinski definition) is 3. The normalized spacial score (nSPS) is 11.5. The first kappa shape index (κ1) is 18.2. The molecule has 0 saturated heterocycles. The molecule has 1 rings (SSSR count). The fraction of sp³-hybridized carbons (Fsp3) is 0.778. The van der Waals surface area contributed by atoms with Gasteiger partial charge in [-0.15, -0.1) is 0 Å². The number of unbranched alkanes of at least 4 members (excludes halogenated alkanes) is 5. The van der Waals surface area contributed by atoms with E-state index in [2.05, 4.69) is 32.2 Å². The SMILES string of the molecule is CCCCCCCCOCc1cc(CNC(C)C)oc1C. The summed E-state index contributed by atoms with van der Waals surface area (Å²) in [5.74, 6) is 1.98. The lowest BCUT2D eigenvalue weighted by Crippen LogP contribution is -2.21. The Morgan fingerprint density at radius 1 is 1.14 bits per heavy atom. The highest BCUT2D eigenvalue weighted by molar-refractivity contribution is 5.19. The van der Waals surface area contributed by atoms with Gasteiger partial charge < -0.3 is 14.5 Å². The minimum Gasteiger partial charge on any atom is -0.465 e. The van der Waals surface area contributed by atoms with E-state index in [1.165, 1.54) is 44.1 Å². The molecule has 0 aliphatic carbocycles. The predicted octanol–water partition coefficient (Wildman–Crippen LogP) is 4.96. The van der Waals surface area contributed by atoms with Gasteiger partial charge in [0, 0.05) is 18.2 Å².